The van der Waals surface area contributed by atoms with Crippen molar-refractivity contribution in [3.8, 4) is 0 Å². The number of hydrogen-bond acceptors (Lipinski definition) is 5. The number of hydrogen-bond donors (Lipinski definition) is 1. The number of nitrogens with one attached hydrogen (secondary N) is 1. The van der Waals surface area contributed by atoms with Crippen molar-refractivity contribution in [1.29, 1.82) is 0 Å². The number of ketones is 1. The molecule has 0 fully saturated rings. The summed E-state index contributed by atoms with van der Waals surface area (Å²) in [5, 5.41) is 2.40. The van der Waals surface area contributed by atoms with E-state index >= 15 is 0 Å². The summed E-state index contributed by atoms with van der Waals surface area (Å²) >= 11 is 0. The Bertz CT molecular complexity index is 593. The predicted molar refractivity (Wildman–Crippen MR) is 68.1 cm³/mol. The summed E-state index contributed by atoms with van der Waals surface area (Å²) < 4.78 is 10.0. The second kappa shape index (κ2) is 5.16. The maximum atomic E-state index is 12.5. The Balaban J connectivity index is 2.59. The third-order valence-electron chi connectivity index (χ3n) is 2.80. The van der Waals surface area contributed by atoms with Crippen LogP contribution in [0.4, 0.5) is 0 Å². The van der Waals surface area contributed by atoms with Gasteiger partial charge in [0.05, 0.1) is 7.11 Å². The summed E-state index contributed by atoms with van der Waals surface area (Å²) in [4.78, 5) is 35.6. The number of Topliss-reactive ketones (excluding diaryl/α,β-unsaturated/α-hetero) is 1. The van der Waals surface area contributed by atoms with Crippen LogP contribution in [0.2, 0.25) is 0 Å². The molecule has 20 heavy (non-hydrogen) atoms. The Morgan fingerprint density at radius 2 is 1.85 bits per heavy atom. The van der Waals surface area contributed by atoms with E-state index in [2.05, 4.69) is 5.32 Å². The van der Waals surface area contributed by atoms with Crippen molar-refractivity contribution in [3.05, 3.63) is 47.7 Å². The van der Waals surface area contributed by atoms with Crippen molar-refractivity contribution >= 4 is 17.7 Å². The Morgan fingerprint density at radius 1 is 1.20 bits per heavy atom. The highest BCUT2D eigenvalue weighted by atomic mass is 16.6. The van der Waals surface area contributed by atoms with Crippen molar-refractivity contribution < 1.29 is 23.9 Å². The number of ether oxygens (including phenoxy) is 2. The molecule has 1 heterocycles. The first kappa shape index (κ1) is 13.8. The minimum atomic E-state index is -1.88. The average Bonchev–Trinajstić information content (AvgIpc) is 2.42. The summed E-state index contributed by atoms with van der Waals surface area (Å²) in [6.07, 6.45) is 1.02. The van der Waals surface area contributed by atoms with Gasteiger partial charge in [0.25, 0.3) is 17.4 Å². The average molecular weight is 275 g/mol. The maximum Gasteiger partial charge on any atom is 0.305 e. The summed E-state index contributed by atoms with van der Waals surface area (Å²) in [7, 11) is 1.27. The van der Waals surface area contributed by atoms with Crippen molar-refractivity contribution in [3.63, 3.8) is 0 Å². The van der Waals surface area contributed by atoms with Gasteiger partial charge < -0.3 is 14.8 Å². The van der Waals surface area contributed by atoms with Crippen LogP contribution in [0, 0.1) is 0 Å². The van der Waals surface area contributed by atoms with Gasteiger partial charge in [-0.15, -0.1) is 0 Å². The van der Waals surface area contributed by atoms with Gasteiger partial charge in [0.15, 0.2) is 5.76 Å². The first-order valence-corrected chi connectivity index (χ1v) is 5.87. The Morgan fingerprint density at radius 3 is 2.40 bits per heavy atom. The molecule has 0 aromatic heterocycles. The zero-order valence-electron chi connectivity index (χ0n) is 11.0. The number of rotatable bonds is 3. The van der Waals surface area contributed by atoms with Gasteiger partial charge in [-0.3, -0.25) is 14.4 Å². The summed E-state index contributed by atoms with van der Waals surface area (Å²) in [6, 6.07) is 8.25. The highest BCUT2D eigenvalue weighted by molar-refractivity contribution is 6.11. The van der Waals surface area contributed by atoms with Crippen molar-refractivity contribution in [2.45, 2.75) is 12.6 Å². The van der Waals surface area contributed by atoms with Gasteiger partial charge in [-0.05, 0) is 0 Å². The molecule has 6 nitrogen and oxygen atoms in total. The molecule has 6 heteroatoms. The Labute approximate surface area is 115 Å². The number of amides is 1. The van der Waals surface area contributed by atoms with E-state index in [1.54, 1.807) is 30.3 Å². The van der Waals surface area contributed by atoms with Crippen LogP contribution in [0.5, 0.6) is 0 Å². The largest absolute Gasteiger partial charge is 0.493 e. The molecule has 1 N–H and O–H groups in total. The van der Waals surface area contributed by atoms with Crippen LogP contribution < -0.4 is 5.32 Å². The van der Waals surface area contributed by atoms with Gasteiger partial charge in [0.2, 0.25) is 0 Å². The molecular formula is C14H13NO5. The lowest BCUT2D eigenvalue weighted by molar-refractivity contribution is -0.173. The number of esters is 1. The number of carbonyl (C=O) groups excluding carboxylic acids is 3. The van der Waals surface area contributed by atoms with Gasteiger partial charge in [-0.2, -0.15) is 0 Å². The van der Waals surface area contributed by atoms with E-state index in [0.29, 0.717) is 5.56 Å². The van der Waals surface area contributed by atoms with Crippen LogP contribution in [-0.4, -0.2) is 24.8 Å². The normalized spacial score (nSPS) is 21.8. The van der Waals surface area contributed by atoms with Gasteiger partial charge in [0.1, 0.15) is 0 Å². The van der Waals surface area contributed by atoms with Crippen LogP contribution in [0.3, 0.4) is 0 Å². The van der Waals surface area contributed by atoms with E-state index in [0.717, 1.165) is 13.0 Å². The van der Waals surface area contributed by atoms with Crippen molar-refractivity contribution in [2.75, 3.05) is 7.11 Å². The molecule has 2 rings (SSSR count). The summed E-state index contributed by atoms with van der Waals surface area (Å²) in [6.45, 7) is 1.16. The quantitative estimate of drug-likeness (QED) is 0.818. The first-order valence-electron chi connectivity index (χ1n) is 5.87. The highest BCUT2D eigenvalue weighted by Crippen LogP contribution is 2.30. The van der Waals surface area contributed by atoms with Crippen molar-refractivity contribution in [2.24, 2.45) is 0 Å². The smallest absolute Gasteiger partial charge is 0.305 e. The molecule has 1 aliphatic heterocycles. The van der Waals surface area contributed by atoms with Gasteiger partial charge >= 0.3 is 5.97 Å². The molecule has 0 saturated heterocycles. The molecule has 0 bridgehead atoms. The minimum Gasteiger partial charge on any atom is -0.493 e. The SMILES string of the molecule is COC1=CC(=O)NC(OC(C)=O)(c2ccccc2)C1=O. The fraction of sp³-hybridized carbons (Fsp3) is 0.214. The lowest BCUT2D eigenvalue weighted by Crippen LogP contribution is -2.57. The maximum absolute atomic E-state index is 12.5. The first-order chi connectivity index (χ1) is 9.49. The molecule has 0 saturated carbocycles. The van der Waals surface area contributed by atoms with E-state index in [4.69, 9.17) is 9.47 Å². The van der Waals surface area contributed by atoms with E-state index in [-0.39, 0.29) is 5.76 Å². The zero-order chi connectivity index (χ0) is 14.8. The minimum absolute atomic E-state index is 0.168. The Hall–Kier alpha value is -2.63. The third kappa shape index (κ3) is 2.27. The van der Waals surface area contributed by atoms with E-state index < -0.39 is 23.4 Å². The van der Waals surface area contributed by atoms with Gasteiger partial charge in [0, 0.05) is 18.6 Å². The van der Waals surface area contributed by atoms with E-state index in [1.807, 2.05) is 0 Å². The van der Waals surface area contributed by atoms with Gasteiger partial charge in [-0.25, -0.2) is 0 Å². The summed E-state index contributed by atoms with van der Waals surface area (Å²) in [5.41, 5.74) is -1.54. The van der Waals surface area contributed by atoms with Gasteiger partial charge in [-0.1, -0.05) is 30.3 Å². The lowest BCUT2D eigenvalue weighted by Gasteiger charge is -2.34. The fourth-order valence-electron chi connectivity index (χ4n) is 2.00. The molecule has 1 aromatic rings. The number of carbonyl (C=O) groups is 3. The monoisotopic (exact) mass is 275 g/mol. The molecule has 1 aromatic carbocycles. The topological polar surface area (TPSA) is 81.7 Å². The lowest BCUT2D eigenvalue weighted by atomic mass is 9.93. The van der Waals surface area contributed by atoms with Crippen molar-refractivity contribution in [1.82, 2.24) is 5.32 Å². The van der Waals surface area contributed by atoms with E-state index in [1.165, 1.54) is 7.11 Å². The molecule has 1 aliphatic rings. The second-order valence-corrected chi connectivity index (χ2v) is 4.17. The predicted octanol–water partition coefficient (Wildman–Crippen LogP) is 0.632. The molecule has 0 aliphatic carbocycles. The number of benzene rings is 1. The standard InChI is InChI=1S/C14H13NO5/c1-9(16)20-14(10-6-4-3-5-7-10)13(18)11(19-2)8-12(17)15-14/h3-8H,1-2H3,(H,15,17). The van der Waals surface area contributed by atoms with Crippen LogP contribution in [0.15, 0.2) is 42.2 Å². The summed E-state index contributed by atoms with van der Waals surface area (Å²) in [5.74, 6) is -2.08. The number of methoxy groups -OCH3 is 1. The van der Waals surface area contributed by atoms with Crippen LogP contribution >= 0.6 is 0 Å². The highest BCUT2D eigenvalue weighted by Gasteiger charge is 2.49. The molecular weight excluding hydrogens is 262 g/mol. The van der Waals surface area contributed by atoms with Crippen LogP contribution in [0.1, 0.15) is 12.5 Å². The Kier molecular flexibility index (Phi) is 3.56. The molecule has 1 amide bonds. The molecule has 0 radical (unpaired) electrons. The molecule has 104 valence electrons. The zero-order valence-corrected chi connectivity index (χ0v) is 11.0. The van der Waals surface area contributed by atoms with Crippen LogP contribution in [0.25, 0.3) is 0 Å². The molecule has 1 atom stereocenters. The fourth-order valence-corrected chi connectivity index (χ4v) is 2.00. The molecule has 1 unspecified atom stereocenters. The molecule has 0 spiro atoms. The second-order valence-electron chi connectivity index (χ2n) is 4.17. The van der Waals surface area contributed by atoms with Crippen LogP contribution in [-0.2, 0) is 29.6 Å². The van der Waals surface area contributed by atoms with E-state index in [9.17, 15) is 14.4 Å². The third-order valence-corrected chi connectivity index (χ3v) is 2.80.